The van der Waals surface area contributed by atoms with Crippen LogP contribution >= 0.6 is 0 Å². The Bertz CT molecular complexity index is 1460. The van der Waals surface area contributed by atoms with Crippen LogP contribution < -0.4 is 10.6 Å². The zero-order valence-electron chi connectivity index (χ0n) is 27.0. The number of ether oxygens (including phenoxy) is 1. The van der Waals surface area contributed by atoms with Crippen molar-refractivity contribution in [2.75, 3.05) is 6.67 Å². The van der Waals surface area contributed by atoms with E-state index in [1.165, 1.54) is 6.07 Å². The van der Waals surface area contributed by atoms with E-state index < -0.39 is 41.3 Å². The lowest BCUT2D eigenvalue weighted by molar-refractivity contribution is -0.171. The maximum Gasteiger partial charge on any atom is 0.363 e. The third-order valence-corrected chi connectivity index (χ3v) is 7.11. The number of nitrogens with zero attached hydrogens (tertiary/aromatic N) is 1. The highest BCUT2D eigenvalue weighted by Gasteiger charge is 2.33. The molecule has 2 aromatic carbocycles. The van der Waals surface area contributed by atoms with Gasteiger partial charge in [-0.05, 0) is 70.0 Å². The summed E-state index contributed by atoms with van der Waals surface area (Å²) in [6, 6.07) is 17.3. The molecule has 1 aromatic heterocycles. The van der Waals surface area contributed by atoms with E-state index >= 15 is 0 Å². The smallest absolute Gasteiger partial charge is 0.363 e. The van der Waals surface area contributed by atoms with E-state index in [4.69, 9.17) is 14.0 Å². The van der Waals surface area contributed by atoms with Crippen LogP contribution in [0.1, 0.15) is 98.0 Å². The van der Waals surface area contributed by atoms with Gasteiger partial charge in [-0.15, -0.1) is 0 Å². The SMILES string of the molecule is CCCCCC(C(=O)NCNC(=O)c1ccc(-c2ccc(C(=O)OC(C)(C)C)cc2)o1)C(CC)N(C=O)OC(=O)c1ccccc1. The summed E-state index contributed by atoms with van der Waals surface area (Å²) in [5.74, 6) is -2.32. The molecular formula is C35H43N3O8. The Morgan fingerprint density at radius 3 is 2.15 bits per heavy atom. The molecule has 3 rings (SSSR count). The molecule has 0 aliphatic carbocycles. The first-order valence-corrected chi connectivity index (χ1v) is 15.5. The highest BCUT2D eigenvalue weighted by atomic mass is 16.7. The van der Waals surface area contributed by atoms with Gasteiger partial charge in [-0.1, -0.05) is 63.4 Å². The van der Waals surface area contributed by atoms with Gasteiger partial charge in [0, 0.05) is 5.56 Å². The van der Waals surface area contributed by atoms with Crippen molar-refractivity contribution in [2.24, 2.45) is 5.92 Å². The summed E-state index contributed by atoms with van der Waals surface area (Å²) in [5.41, 5.74) is 0.716. The zero-order chi connectivity index (χ0) is 33.7. The summed E-state index contributed by atoms with van der Waals surface area (Å²) in [4.78, 5) is 68.5. The number of hydrogen-bond donors (Lipinski definition) is 2. The van der Waals surface area contributed by atoms with Gasteiger partial charge in [-0.3, -0.25) is 14.4 Å². The summed E-state index contributed by atoms with van der Waals surface area (Å²) in [6.45, 7) is 9.04. The molecule has 0 aliphatic rings. The average molecular weight is 634 g/mol. The largest absolute Gasteiger partial charge is 0.456 e. The molecule has 46 heavy (non-hydrogen) atoms. The molecule has 1 heterocycles. The standard InChI is InChI=1S/C35H43N3O8/c1-6-8-10-15-27(28(7-2)38(23-39)46-34(43)25-13-11-9-12-14-25)31(40)36-22-37-32(41)30-21-20-29(44-30)24-16-18-26(19-17-24)33(42)45-35(3,4)5/h9,11-14,16-21,23,27-28H,6-8,10,15,22H2,1-5H3,(H,36,40)(H,37,41). The fourth-order valence-corrected chi connectivity index (χ4v) is 4.80. The highest BCUT2D eigenvalue weighted by molar-refractivity contribution is 5.93. The second-order valence-electron chi connectivity index (χ2n) is 11.8. The minimum absolute atomic E-state index is 0.0337. The van der Waals surface area contributed by atoms with Crippen molar-refractivity contribution >= 4 is 30.2 Å². The Hall–Kier alpha value is -4.93. The van der Waals surface area contributed by atoms with Gasteiger partial charge < -0.3 is 24.6 Å². The number of benzene rings is 2. The monoisotopic (exact) mass is 633 g/mol. The minimum Gasteiger partial charge on any atom is -0.456 e. The number of furan rings is 1. The number of carbonyl (C=O) groups excluding carboxylic acids is 5. The van der Waals surface area contributed by atoms with Gasteiger partial charge in [0.2, 0.25) is 12.3 Å². The second-order valence-corrected chi connectivity index (χ2v) is 11.8. The summed E-state index contributed by atoms with van der Waals surface area (Å²) in [7, 11) is 0. The summed E-state index contributed by atoms with van der Waals surface area (Å²) < 4.78 is 11.1. The fourth-order valence-electron chi connectivity index (χ4n) is 4.80. The Balaban J connectivity index is 1.61. The van der Waals surface area contributed by atoms with Crippen molar-refractivity contribution in [3.05, 3.63) is 83.6 Å². The van der Waals surface area contributed by atoms with Gasteiger partial charge in [-0.25, -0.2) is 9.59 Å². The van der Waals surface area contributed by atoms with Gasteiger partial charge in [0.15, 0.2) is 5.76 Å². The van der Waals surface area contributed by atoms with Crippen LogP contribution in [0.2, 0.25) is 0 Å². The summed E-state index contributed by atoms with van der Waals surface area (Å²) in [6.07, 6.45) is 3.76. The van der Waals surface area contributed by atoms with E-state index in [-0.39, 0.29) is 18.0 Å². The number of hydroxylamine groups is 2. The molecular weight excluding hydrogens is 590 g/mol. The van der Waals surface area contributed by atoms with E-state index in [1.54, 1.807) is 88.4 Å². The van der Waals surface area contributed by atoms with E-state index in [9.17, 15) is 24.0 Å². The first-order chi connectivity index (χ1) is 22.0. The van der Waals surface area contributed by atoms with Crippen molar-refractivity contribution in [1.82, 2.24) is 15.7 Å². The van der Waals surface area contributed by atoms with E-state index in [0.29, 0.717) is 36.1 Å². The normalized spacial score (nSPS) is 12.4. The van der Waals surface area contributed by atoms with Crippen LogP contribution in [-0.4, -0.2) is 53.5 Å². The van der Waals surface area contributed by atoms with Crippen molar-refractivity contribution in [2.45, 2.75) is 78.4 Å². The molecule has 0 spiro atoms. The van der Waals surface area contributed by atoms with Gasteiger partial charge in [0.25, 0.3) is 5.91 Å². The molecule has 0 fully saturated rings. The molecule has 0 bridgehead atoms. The van der Waals surface area contributed by atoms with Gasteiger partial charge in [0.1, 0.15) is 11.4 Å². The quantitative estimate of drug-likeness (QED) is 0.0651. The molecule has 3 aromatic rings. The number of rotatable bonds is 16. The Morgan fingerprint density at radius 1 is 0.870 bits per heavy atom. The van der Waals surface area contributed by atoms with E-state index in [1.807, 2.05) is 6.92 Å². The summed E-state index contributed by atoms with van der Waals surface area (Å²) >= 11 is 0. The maximum atomic E-state index is 13.4. The second kappa shape index (κ2) is 17.0. The third-order valence-electron chi connectivity index (χ3n) is 7.11. The van der Waals surface area contributed by atoms with Crippen molar-refractivity contribution in [3.8, 4) is 11.3 Å². The number of nitrogens with one attached hydrogen (secondary N) is 2. The Morgan fingerprint density at radius 2 is 1.54 bits per heavy atom. The Kier molecular flexibility index (Phi) is 13.1. The maximum absolute atomic E-state index is 13.4. The molecule has 3 amide bonds. The van der Waals surface area contributed by atoms with Gasteiger partial charge >= 0.3 is 11.9 Å². The van der Waals surface area contributed by atoms with Crippen LogP contribution in [0.3, 0.4) is 0 Å². The van der Waals surface area contributed by atoms with E-state index in [0.717, 1.165) is 24.3 Å². The highest BCUT2D eigenvalue weighted by Crippen LogP contribution is 2.24. The molecule has 0 radical (unpaired) electrons. The lowest BCUT2D eigenvalue weighted by atomic mass is 9.90. The average Bonchev–Trinajstić information content (AvgIpc) is 3.54. The number of carbonyl (C=O) groups is 5. The zero-order valence-corrected chi connectivity index (χ0v) is 27.0. The third kappa shape index (κ3) is 10.3. The van der Waals surface area contributed by atoms with Crippen LogP contribution in [0.25, 0.3) is 11.3 Å². The number of amides is 3. The van der Waals surface area contributed by atoms with Gasteiger partial charge in [-0.2, -0.15) is 5.06 Å². The lowest BCUT2D eigenvalue weighted by Crippen LogP contribution is -2.49. The molecule has 2 unspecified atom stereocenters. The van der Waals surface area contributed by atoms with Crippen LogP contribution in [0.15, 0.2) is 71.1 Å². The lowest BCUT2D eigenvalue weighted by Gasteiger charge is -2.31. The van der Waals surface area contributed by atoms with Crippen LogP contribution in [0, 0.1) is 5.92 Å². The number of esters is 1. The number of hydrogen-bond acceptors (Lipinski definition) is 8. The summed E-state index contributed by atoms with van der Waals surface area (Å²) in [5, 5.41) is 6.25. The van der Waals surface area contributed by atoms with Crippen molar-refractivity contribution in [3.63, 3.8) is 0 Å². The Labute approximate surface area is 269 Å². The van der Waals surface area contributed by atoms with Crippen LogP contribution in [0.5, 0.6) is 0 Å². The predicted octanol–water partition coefficient (Wildman–Crippen LogP) is 5.91. The first kappa shape index (κ1) is 35.5. The van der Waals surface area contributed by atoms with Gasteiger partial charge in [0.05, 0.1) is 29.8 Å². The topological polar surface area (TPSA) is 144 Å². The van der Waals surface area contributed by atoms with Crippen molar-refractivity contribution in [1.29, 1.82) is 0 Å². The first-order valence-electron chi connectivity index (χ1n) is 15.5. The molecule has 11 heteroatoms. The molecule has 2 atom stereocenters. The van der Waals surface area contributed by atoms with Crippen LogP contribution in [0.4, 0.5) is 0 Å². The molecule has 0 saturated carbocycles. The number of unbranched alkanes of at least 4 members (excludes halogenated alkanes) is 2. The fraction of sp³-hybridized carbons (Fsp3) is 0.400. The predicted molar refractivity (Wildman–Crippen MR) is 171 cm³/mol. The molecule has 246 valence electrons. The molecule has 11 nitrogen and oxygen atoms in total. The van der Waals surface area contributed by atoms with Crippen LogP contribution in [-0.2, 0) is 19.2 Å². The van der Waals surface area contributed by atoms with E-state index in [2.05, 4.69) is 10.6 Å². The van der Waals surface area contributed by atoms with Crippen molar-refractivity contribution < 1.29 is 38.0 Å². The minimum atomic E-state index is -0.716. The molecule has 0 saturated heterocycles. The molecule has 0 aliphatic heterocycles. The molecule has 2 N–H and O–H groups in total.